The number of aromatic nitrogens is 1. The molecule has 1 aromatic carbocycles. The Morgan fingerprint density at radius 3 is 2.48 bits per heavy atom. The molecule has 2 heterocycles. The van der Waals surface area contributed by atoms with Gasteiger partial charge in [0.25, 0.3) is 11.8 Å². The van der Waals surface area contributed by atoms with Gasteiger partial charge in [0.1, 0.15) is 5.54 Å². The summed E-state index contributed by atoms with van der Waals surface area (Å²) in [5.41, 5.74) is 0.348. The number of carbonyl (C=O) groups is 3. The first-order valence-electron chi connectivity index (χ1n) is 7.44. The molecule has 4 amide bonds. The van der Waals surface area contributed by atoms with Gasteiger partial charge in [0.05, 0.1) is 10.6 Å². The number of pyridine rings is 1. The van der Waals surface area contributed by atoms with Crippen molar-refractivity contribution in [2.45, 2.75) is 12.5 Å². The fourth-order valence-electron chi connectivity index (χ4n) is 2.62. The number of hydrogen-bond acceptors (Lipinski definition) is 4. The number of halogens is 1. The number of nitrogens with zero attached hydrogens (tertiary/aromatic N) is 2. The van der Waals surface area contributed by atoms with Gasteiger partial charge in [0, 0.05) is 25.1 Å². The minimum Gasteiger partial charge on any atom is -0.322 e. The molecule has 2 aromatic rings. The van der Waals surface area contributed by atoms with Crippen molar-refractivity contribution in [2.75, 3.05) is 12.4 Å². The first kappa shape index (κ1) is 16.9. The quantitative estimate of drug-likeness (QED) is 0.824. The van der Waals surface area contributed by atoms with Crippen LogP contribution in [0.2, 0.25) is 5.02 Å². The van der Waals surface area contributed by atoms with Crippen molar-refractivity contribution in [3.05, 3.63) is 58.9 Å². The molecule has 1 saturated heterocycles. The Bertz CT molecular complexity index is 868. The number of anilines is 1. The van der Waals surface area contributed by atoms with E-state index in [4.69, 9.17) is 11.6 Å². The summed E-state index contributed by atoms with van der Waals surface area (Å²) in [5, 5.41) is 5.65. The zero-order valence-electron chi connectivity index (χ0n) is 13.5. The van der Waals surface area contributed by atoms with E-state index in [1.165, 1.54) is 25.5 Å². The molecule has 1 aliphatic heterocycles. The molecule has 0 saturated carbocycles. The maximum absolute atomic E-state index is 12.3. The van der Waals surface area contributed by atoms with Gasteiger partial charge in [-0.15, -0.1) is 0 Å². The molecule has 1 fully saturated rings. The smallest absolute Gasteiger partial charge is 0.322 e. The third-order valence-electron chi connectivity index (χ3n) is 4.13. The molecule has 7 nitrogen and oxygen atoms in total. The molecular weight excluding hydrogens is 344 g/mol. The Kier molecular flexibility index (Phi) is 4.18. The fraction of sp³-hybridized carbons (Fsp3) is 0.176. The lowest BCUT2D eigenvalue weighted by atomic mass is 9.92. The number of nitrogens with one attached hydrogen (secondary N) is 2. The topological polar surface area (TPSA) is 91.4 Å². The van der Waals surface area contributed by atoms with Crippen molar-refractivity contribution < 1.29 is 14.4 Å². The molecule has 1 aromatic heterocycles. The molecule has 8 heteroatoms. The van der Waals surface area contributed by atoms with Crippen LogP contribution in [0.15, 0.2) is 42.7 Å². The zero-order valence-corrected chi connectivity index (χ0v) is 14.3. The van der Waals surface area contributed by atoms with E-state index in [-0.39, 0.29) is 16.8 Å². The van der Waals surface area contributed by atoms with E-state index in [2.05, 4.69) is 15.6 Å². The fourth-order valence-corrected chi connectivity index (χ4v) is 2.82. The maximum atomic E-state index is 12.3. The Morgan fingerprint density at radius 2 is 1.92 bits per heavy atom. The highest BCUT2D eigenvalue weighted by molar-refractivity contribution is 6.34. The van der Waals surface area contributed by atoms with Crippen LogP contribution in [-0.2, 0) is 10.3 Å². The Hall–Kier alpha value is -2.93. The highest BCUT2D eigenvalue weighted by Crippen LogP contribution is 2.29. The van der Waals surface area contributed by atoms with E-state index in [1.54, 1.807) is 31.2 Å². The van der Waals surface area contributed by atoms with Crippen molar-refractivity contribution in [2.24, 2.45) is 0 Å². The minimum absolute atomic E-state index is 0.256. The van der Waals surface area contributed by atoms with E-state index < -0.39 is 11.6 Å². The van der Waals surface area contributed by atoms with E-state index in [0.717, 1.165) is 4.90 Å². The van der Waals surface area contributed by atoms with Gasteiger partial charge in [-0.3, -0.25) is 19.5 Å². The van der Waals surface area contributed by atoms with Crippen LogP contribution in [0.5, 0.6) is 0 Å². The Balaban J connectivity index is 1.79. The molecule has 1 atom stereocenters. The summed E-state index contributed by atoms with van der Waals surface area (Å²) < 4.78 is 0. The van der Waals surface area contributed by atoms with Crippen LogP contribution in [0.3, 0.4) is 0 Å². The number of hydrogen-bond donors (Lipinski definition) is 2. The number of likely N-dealkylation sites (N-methyl/N-ethyl adjacent to an activating group) is 1. The number of urea groups is 1. The molecule has 1 unspecified atom stereocenters. The van der Waals surface area contributed by atoms with Crippen LogP contribution in [0.4, 0.5) is 10.5 Å². The molecule has 0 aliphatic carbocycles. The summed E-state index contributed by atoms with van der Waals surface area (Å²) >= 11 is 5.95. The monoisotopic (exact) mass is 358 g/mol. The molecule has 128 valence electrons. The van der Waals surface area contributed by atoms with Crippen molar-refractivity contribution in [1.29, 1.82) is 0 Å². The molecule has 2 N–H and O–H groups in total. The van der Waals surface area contributed by atoms with Crippen LogP contribution < -0.4 is 10.6 Å². The molecular formula is C17H15ClN4O3. The normalized spacial score (nSPS) is 19.7. The second-order valence-electron chi connectivity index (χ2n) is 5.81. The van der Waals surface area contributed by atoms with E-state index >= 15 is 0 Å². The van der Waals surface area contributed by atoms with Gasteiger partial charge < -0.3 is 10.6 Å². The SMILES string of the molecule is CN1C(=O)NC(C)(c2ccc(NC(=O)c3ccncc3Cl)cc2)C1=O. The number of carbonyl (C=O) groups excluding carboxylic acids is 3. The first-order chi connectivity index (χ1) is 11.8. The van der Waals surface area contributed by atoms with Crippen LogP contribution in [0.25, 0.3) is 0 Å². The summed E-state index contributed by atoms with van der Waals surface area (Å²) in [6.45, 7) is 1.64. The van der Waals surface area contributed by atoms with Crippen LogP contribution in [0, 0.1) is 0 Å². The average Bonchev–Trinajstić information content (AvgIpc) is 2.80. The lowest BCUT2D eigenvalue weighted by Crippen LogP contribution is -2.40. The highest BCUT2D eigenvalue weighted by Gasteiger charge is 2.47. The number of imide groups is 1. The lowest BCUT2D eigenvalue weighted by molar-refractivity contribution is -0.130. The summed E-state index contributed by atoms with van der Waals surface area (Å²) in [6.07, 6.45) is 2.88. The van der Waals surface area contributed by atoms with Gasteiger partial charge >= 0.3 is 6.03 Å². The summed E-state index contributed by atoms with van der Waals surface area (Å²) in [7, 11) is 1.43. The van der Waals surface area contributed by atoms with Gasteiger partial charge in [-0.2, -0.15) is 0 Å². The van der Waals surface area contributed by atoms with Crippen molar-refractivity contribution >= 4 is 35.1 Å². The zero-order chi connectivity index (χ0) is 18.2. The van der Waals surface area contributed by atoms with E-state index in [9.17, 15) is 14.4 Å². The van der Waals surface area contributed by atoms with Crippen LogP contribution >= 0.6 is 11.6 Å². The van der Waals surface area contributed by atoms with Crippen LogP contribution in [-0.4, -0.2) is 34.8 Å². The Labute approximate surface area is 149 Å². The van der Waals surface area contributed by atoms with Crippen LogP contribution in [0.1, 0.15) is 22.8 Å². The molecule has 0 radical (unpaired) electrons. The predicted molar refractivity (Wildman–Crippen MR) is 92.3 cm³/mol. The highest BCUT2D eigenvalue weighted by atomic mass is 35.5. The van der Waals surface area contributed by atoms with Crippen molar-refractivity contribution in [1.82, 2.24) is 15.2 Å². The summed E-state index contributed by atoms with van der Waals surface area (Å²) in [4.78, 5) is 41.1. The van der Waals surface area contributed by atoms with E-state index in [0.29, 0.717) is 16.8 Å². The standard InChI is InChI=1S/C17H15ClN4O3/c1-17(15(24)22(2)16(25)21-17)10-3-5-11(6-4-10)20-14(23)12-7-8-19-9-13(12)18/h3-9H,1-2H3,(H,20,23)(H,21,25). The third kappa shape index (κ3) is 2.94. The molecule has 1 aliphatic rings. The summed E-state index contributed by atoms with van der Waals surface area (Å²) in [5.74, 6) is -0.700. The van der Waals surface area contributed by atoms with Gasteiger partial charge in [-0.1, -0.05) is 23.7 Å². The minimum atomic E-state index is -1.12. The number of amides is 4. The lowest BCUT2D eigenvalue weighted by Gasteiger charge is -2.22. The van der Waals surface area contributed by atoms with Crippen molar-refractivity contribution in [3.63, 3.8) is 0 Å². The Morgan fingerprint density at radius 1 is 1.24 bits per heavy atom. The molecule has 3 rings (SSSR count). The van der Waals surface area contributed by atoms with Crippen molar-refractivity contribution in [3.8, 4) is 0 Å². The third-order valence-corrected chi connectivity index (χ3v) is 4.43. The first-order valence-corrected chi connectivity index (χ1v) is 7.82. The van der Waals surface area contributed by atoms with Gasteiger partial charge in [0.15, 0.2) is 0 Å². The second-order valence-corrected chi connectivity index (χ2v) is 6.21. The largest absolute Gasteiger partial charge is 0.325 e. The maximum Gasteiger partial charge on any atom is 0.325 e. The van der Waals surface area contributed by atoms with Gasteiger partial charge in [-0.05, 0) is 30.7 Å². The van der Waals surface area contributed by atoms with Gasteiger partial charge in [0.2, 0.25) is 0 Å². The van der Waals surface area contributed by atoms with E-state index in [1.807, 2.05) is 0 Å². The van der Waals surface area contributed by atoms with Gasteiger partial charge in [-0.25, -0.2) is 4.79 Å². The second kappa shape index (κ2) is 6.18. The summed E-state index contributed by atoms with van der Waals surface area (Å²) in [6, 6.07) is 7.76. The number of benzene rings is 1. The average molecular weight is 359 g/mol. The molecule has 0 spiro atoms. The molecule has 25 heavy (non-hydrogen) atoms. The predicted octanol–water partition coefficient (Wildman–Crippen LogP) is 2.38. The number of rotatable bonds is 3. The molecule has 0 bridgehead atoms.